The second kappa shape index (κ2) is 6.69. The molecular formula is C17H28N2O3SSi. The number of hydrogen-bond acceptors (Lipinski definition) is 5. The van der Waals surface area contributed by atoms with Gasteiger partial charge in [0.05, 0.1) is 18.1 Å². The van der Waals surface area contributed by atoms with Crippen LogP contribution >= 0.6 is 11.3 Å². The van der Waals surface area contributed by atoms with Crippen molar-refractivity contribution in [1.82, 2.24) is 10.3 Å². The van der Waals surface area contributed by atoms with E-state index in [-0.39, 0.29) is 40.7 Å². The van der Waals surface area contributed by atoms with Gasteiger partial charge < -0.3 is 9.74 Å². The Morgan fingerprint density at radius 1 is 1.38 bits per heavy atom. The summed E-state index contributed by atoms with van der Waals surface area (Å²) in [6.45, 7) is 14.7. The number of carbonyl (C=O) groups is 2. The topological polar surface area (TPSA) is 68.3 Å². The van der Waals surface area contributed by atoms with E-state index in [4.69, 9.17) is 4.43 Å². The summed E-state index contributed by atoms with van der Waals surface area (Å²) >= 11 is 1.34. The fourth-order valence-corrected chi connectivity index (χ4v) is 4.88. The molecule has 0 radical (unpaired) electrons. The van der Waals surface area contributed by atoms with E-state index in [1.54, 1.807) is 11.6 Å². The Hall–Kier alpha value is -1.05. The van der Waals surface area contributed by atoms with Crippen LogP contribution < -0.4 is 5.32 Å². The fraction of sp³-hybridized carbons (Fsp3) is 0.706. The van der Waals surface area contributed by atoms with E-state index in [2.05, 4.69) is 44.2 Å². The van der Waals surface area contributed by atoms with Gasteiger partial charge in [0.1, 0.15) is 0 Å². The van der Waals surface area contributed by atoms with Crippen LogP contribution in [0.3, 0.4) is 0 Å². The van der Waals surface area contributed by atoms with E-state index in [1.807, 2.05) is 13.8 Å². The molecule has 2 heterocycles. The molecule has 0 saturated carbocycles. The SMILES string of the molecule is CC(O[Si](C)(C)C(C)(C)C)[C@H]1C(=O)N[C@H]1C(C)C(=O)c1nccs1. The number of Topliss-reactive ketones (excluding diaryl/α,β-unsaturated/α-hetero) is 1. The minimum atomic E-state index is -1.96. The minimum Gasteiger partial charge on any atom is -0.413 e. The first kappa shape index (κ1) is 19.3. The van der Waals surface area contributed by atoms with Crippen LogP contribution in [-0.4, -0.2) is 37.1 Å². The number of ketones is 1. The number of nitrogens with one attached hydrogen (secondary N) is 1. The Labute approximate surface area is 149 Å². The standard InChI is InChI=1S/C17H28N2O3SSi/c1-10(14(20)16-18-8-9-23-16)13-12(15(21)19-13)11(2)22-24(6,7)17(3,4)5/h8-13H,1-7H3,(H,19,21)/t10?,11?,12-,13+/m1/s1. The molecule has 0 spiro atoms. The van der Waals surface area contributed by atoms with Crippen LogP contribution in [0.4, 0.5) is 0 Å². The lowest BCUT2D eigenvalue weighted by Gasteiger charge is -2.46. The van der Waals surface area contributed by atoms with Gasteiger partial charge in [-0.3, -0.25) is 9.59 Å². The van der Waals surface area contributed by atoms with Crippen LogP contribution in [-0.2, 0) is 9.22 Å². The van der Waals surface area contributed by atoms with Crippen LogP contribution in [0, 0.1) is 11.8 Å². The smallest absolute Gasteiger partial charge is 0.228 e. The van der Waals surface area contributed by atoms with E-state index in [0.717, 1.165) is 0 Å². The van der Waals surface area contributed by atoms with Gasteiger partial charge >= 0.3 is 0 Å². The lowest BCUT2D eigenvalue weighted by atomic mass is 9.77. The van der Waals surface area contributed by atoms with E-state index >= 15 is 0 Å². The van der Waals surface area contributed by atoms with Gasteiger partial charge in [0.2, 0.25) is 5.91 Å². The van der Waals surface area contributed by atoms with Crippen molar-refractivity contribution in [1.29, 1.82) is 0 Å². The number of nitrogens with zero attached hydrogens (tertiary/aromatic N) is 1. The summed E-state index contributed by atoms with van der Waals surface area (Å²) in [5, 5.41) is 5.27. The summed E-state index contributed by atoms with van der Waals surface area (Å²) < 4.78 is 6.38. The molecule has 1 N–H and O–H groups in total. The summed E-state index contributed by atoms with van der Waals surface area (Å²) in [6.07, 6.45) is 1.43. The van der Waals surface area contributed by atoms with Gasteiger partial charge in [-0.05, 0) is 25.1 Å². The Bertz CT molecular complexity index is 610. The third kappa shape index (κ3) is 3.63. The number of hydrogen-bond donors (Lipinski definition) is 1. The average molecular weight is 369 g/mol. The molecule has 7 heteroatoms. The molecule has 1 aliphatic heterocycles. The Morgan fingerprint density at radius 2 is 2.00 bits per heavy atom. The van der Waals surface area contributed by atoms with Crippen molar-refractivity contribution in [2.75, 3.05) is 0 Å². The molecule has 1 fully saturated rings. The Balaban J connectivity index is 2.09. The maximum Gasteiger partial charge on any atom is 0.228 e. The van der Waals surface area contributed by atoms with Gasteiger partial charge in [-0.2, -0.15) is 0 Å². The zero-order chi connectivity index (χ0) is 18.3. The first-order chi connectivity index (χ1) is 11.0. The van der Waals surface area contributed by atoms with E-state index in [9.17, 15) is 9.59 Å². The molecule has 0 aromatic carbocycles. The van der Waals surface area contributed by atoms with Crippen LogP contribution in [0.5, 0.6) is 0 Å². The summed E-state index contributed by atoms with van der Waals surface area (Å²) in [6, 6.07) is -0.186. The van der Waals surface area contributed by atoms with Crippen LogP contribution in [0.15, 0.2) is 11.6 Å². The van der Waals surface area contributed by atoms with E-state index < -0.39 is 8.32 Å². The van der Waals surface area contributed by atoms with Crippen molar-refractivity contribution in [3.8, 4) is 0 Å². The monoisotopic (exact) mass is 368 g/mol. The largest absolute Gasteiger partial charge is 0.413 e. The average Bonchev–Trinajstić information content (AvgIpc) is 2.95. The molecule has 5 nitrogen and oxygen atoms in total. The summed E-state index contributed by atoms with van der Waals surface area (Å²) in [5.74, 6) is -0.619. The van der Waals surface area contributed by atoms with Crippen molar-refractivity contribution >= 4 is 31.3 Å². The summed E-state index contributed by atoms with van der Waals surface area (Å²) in [5.41, 5.74) is 0. The van der Waals surface area contributed by atoms with Gasteiger partial charge in [0.15, 0.2) is 19.1 Å². The molecule has 1 aliphatic rings. The van der Waals surface area contributed by atoms with Crippen LogP contribution in [0.2, 0.25) is 18.1 Å². The highest BCUT2D eigenvalue weighted by Gasteiger charge is 2.50. The summed E-state index contributed by atoms with van der Waals surface area (Å²) in [4.78, 5) is 28.7. The van der Waals surface area contributed by atoms with Gasteiger partial charge in [0.25, 0.3) is 0 Å². The van der Waals surface area contributed by atoms with Crippen LogP contribution in [0.1, 0.15) is 44.4 Å². The molecular weight excluding hydrogens is 340 g/mol. The predicted octanol–water partition coefficient (Wildman–Crippen LogP) is 3.49. The third-order valence-corrected chi connectivity index (χ3v) is 10.7. The van der Waals surface area contributed by atoms with Crippen LogP contribution in [0.25, 0.3) is 0 Å². The molecule has 1 aromatic rings. The van der Waals surface area contributed by atoms with Crippen molar-refractivity contribution in [3.63, 3.8) is 0 Å². The Kier molecular flexibility index (Phi) is 5.37. The second-order valence-electron chi connectivity index (χ2n) is 8.13. The zero-order valence-electron chi connectivity index (χ0n) is 15.5. The van der Waals surface area contributed by atoms with Gasteiger partial charge in [-0.1, -0.05) is 27.7 Å². The highest BCUT2D eigenvalue weighted by Crippen LogP contribution is 2.39. The fourth-order valence-electron chi connectivity index (χ4n) is 2.78. The number of carbonyl (C=O) groups excluding carboxylic acids is 2. The van der Waals surface area contributed by atoms with Crippen molar-refractivity contribution < 1.29 is 14.0 Å². The highest BCUT2D eigenvalue weighted by molar-refractivity contribution is 7.11. The molecule has 0 aliphatic carbocycles. The molecule has 4 atom stereocenters. The Morgan fingerprint density at radius 3 is 2.46 bits per heavy atom. The molecule has 134 valence electrons. The van der Waals surface area contributed by atoms with Crippen molar-refractivity contribution in [2.45, 2.75) is 64.9 Å². The molecule has 2 unspecified atom stereocenters. The summed E-state index contributed by atoms with van der Waals surface area (Å²) in [7, 11) is -1.96. The van der Waals surface area contributed by atoms with Crippen molar-refractivity contribution in [3.05, 3.63) is 16.6 Å². The quantitative estimate of drug-likeness (QED) is 0.474. The third-order valence-electron chi connectivity index (χ3n) is 5.39. The van der Waals surface area contributed by atoms with E-state index in [1.165, 1.54) is 11.3 Å². The number of aromatic nitrogens is 1. The van der Waals surface area contributed by atoms with Gasteiger partial charge in [-0.25, -0.2) is 4.98 Å². The number of rotatable bonds is 6. The number of β-lactam (4-membered cyclic amide) rings is 1. The van der Waals surface area contributed by atoms with Crippen molar-refractivity contribution in [2.24, 2.45) is 11.8 Å². The maximum atomic E-state index is 12.5. The highest BCUT2D eigenvalue weighted by atomic mass is 32.1. The predicted molar refractivity (Wildman–Crippen MR) is 98.8 cm³/mol. The van der Waals surface area contributed by atoms with E-state index in [0.29, 0.717) is 5.01 Å². The first-order valence-corrected chi connectivity index (χ1v) is 12.2. The molecule has 0 bridgehead atoms. The molecule has 1 amide bonds. The molecule has 2 rings (SSSR count). The first-order valence-electron chi connectivity index (χ1n) is 8.37. The molecule has 24 heavy (non-hydrogen) atoms. The second-order valence-corrected chi connectivity index (χ2v) is 13.8. The zero-order valence-corrected chi connectivity index (χ0v) is 17.4. The van der Waals surface area contributed by atoms with Gasteiger partial charge in [-0.15, -0.1) is 11.3 Å². The normalized spacial score (nSPS) is 24.0. The number of thiazole rings is 1. The lowest BCUT2D eigenvalue weighted by Crippen LogP contribution is -2.66. The molecule has 1 aromatic heterocycles. The number of amides is 1. The maximum absolute atomic E-state index is 12.5. The van der Waals surface area contributed by atoms with Gasteiger partial charge in [0, 0.05) is 17.5 Å². The molecule has 1 saturated heterocycles. The minimum absolute atomic E-state index is 0.0143. The lowest BCUT2D eigenvalue weighted by molar-refractivity contribution is -0.141.